The first-order valence-electron chi connectivity index (χ1n) is 8.47. The van der Waals surface area contributed by atoms with Crippen molar-refractivity contribution in [1.82, 2.24) is 14.9 Å². The number of benzene rings is 1. The molecule has 3 rings (SSSR count). The Bertz CT molecular complexity index is 742. The van der Waals surface area contributed by atoms with Crippen LogP contribution in [0.1, 0.15) is 5.56 Å². The second-order valence-corrected chi connectivity index (χ2v) is 6.59. The second kappa shape index (κ2) is 8.29. The van der Waals surface area contributed by atoms with Crippen LogP contribution in [0.15, 0.2) is 30.6 Å². The van der Waals surface area contributed by atoms with Crippen LogP contribution in [0.5, 0.6) is 0 Å². The van der Waals surface area contributed by atoms with Crippen LogP contribution in [0.4, 0.5) is 17.3 Å². The summed E-state index contributed by atoms with van der Waals surface area (Å²) in [4.78, 5) is 23.6. The van der Waals surface area contributed by atoms with Crippen LogP contribution in [0.25, 0.3) is 0 Å². The number of nitro benzene ring substituents is 1. The minimum Gasteiger partial charge on any atom is -0.382 e. The number of nitrogens with zero attached hydrogens (tertiary/aromatic N) is 5. The molecule has 1 aromatic carbocycles. The Hall–Kier alpha value is -2.45. The number of halogens is 1. The molecule has 138 valence electrons. The summed E-state index contributed by atoms with van der Waals surface area (Å²) in [5, 5.41) is 14.6. The highest BCUT2D eigenvalue weighted by Gasteiger charge is 2.18. The highest BCUT2D eigenvalue weighted by atomic mass is 35.5. The van der Waals surface area contributed by atoms with Crippen molar-refractivity contribution in [2.45, 2.75) is 6.92 Å². The molecule has 0 saturated carbocycles. The molecular weight excluding hydrogens is 356 g/mol. The number of hydrogen-bond donors (Lipinski definition) is 1. The smallest absolute Gasteiger partial charge is 0.271 e. The summed E-state index contributed by atoms with van der Waals surface area (Å²) in [5.74, 6) is 0.776. The van der Waals surface area contributed by atoms with Crippen LogP contribution in [0, 0.1) is 17.0 Å². The SMILES string of the molecule is Cc1cc([N+](=O)[O-])cc(Cl)c1NCCN1CCN(c2ncccn2)CC1. The Morgan fingerprint density at radius 3 is 2.54 bits per heavy atom. The average Bonchev–Trinajstić information content (AvgIpc) is 2.65. The number of non-ortho nitro benzene ring substituents is 1. The van der Waals surface area contributed by atoms with Crippen molar-refractivity contribution in [2.24, 2.45) is 0 Å². The number of aromatic nitrogens is 2. The van der Waals surface area contributed by atoms with E-state index < -0.39 is 4.92 Å². The number of piperazine rings is 1. The van der Waals surface area contributed by atoms with Crippen LogP contribution < -0.4 is 10.2 Å². The molecule has 1 fully saturated rings. The number of nitro groups is 1. The number of aryl methyl sites for hydroxylation is 1. The molecule has 2 heterocycles. The first kappa shape index (κ1) is 18.3. The minimum atomic E-state index is -0.432. The maximum atomic E-state index is 10.9. The Labute approximate surface area is 157 Å². The van der Waals surface area contributed by atoms with Crippen LogP contribution in [-0.2, 0) is 0 Å². The molecule has 1 aliphatic rings. The first-order valence-corrected chi connectivity index (χ1v) is 8.85. The molecule has 1 aromatic heterocycles. The van der Waals surface area contributed by atoms with Crippen molar-refractivity contribution in [3.8, 4) is 0 Å². The maximum Gasteiger partial charge on any atom is 0.271 e. The summed E-state index contributed by atoms with van der Waals surface area (Å²) in [5.41, 5.74) is 1.54. The van der Waals surface area contributed by atoms with Crippen molar-refractivity contribution in [1.29, 1.82) is 0 Å². The zero-order valence-corrected chi connectivity index (χ0v) is 15.3. The van der Waals surface area contributed by atoms with Gasteiger partial charge in [0.05, 0.1) is 15.6 Å². The van der Waals surface area contributed by atoms with Gasteiger partial charge in [0.2, 0.25) is 5.95 Å². The third-order valence-corrected chi connectivity index (χ3v) is 4.72. The maximum absolute atomic E-state index is 10.9. The monoisotopic (exact) mass is 376 g/mol. The van der Waals surface area contributed by atoms with Gasteiger partial charge in [-0.05, 0) is 18.6 Å². The van der Waals surface area contributed by atoms with Crippen molar-refractivity contribution >= 4 is 28.9 Å². The lowest BCUT2D eigenvalue weighted by Gasteiger charge is -2.34. The fraction of sp³-hybridized carbons (Fsp3) is 0.412. The van der Waals surface area contributed by atoms with Crippen molar-refractivity contribution in [3.05, 3.63) is 51.3 Å². The Balaban J connectivity index is 1.48. The lowest BCUT2D eigenvalue weighted by Crippen LogP contribution is -2.48. The number of rotatable bonds is 6. The molecule has 0 atom stereocenters. The first-order chi connectivity index (χ1) is 12.5. The topological polar surface area (TPSA) is 87.4 Å². The van der Waals surface area contributed by atoms with Gasteiger partial charge in [-0.1, -0.05) is 11.6 Å². The molecule has 26 heavy (non-hydrogen) atoms. The summed E-state index contributed by atoms with van der Waals surface area (Å²) in [7, 11) is 0. The fourth-order valence-electron chi connectivity index (χ4n) is 3.02. The van der Waals surface area contributed by atoms with E-state index in [-0.39, 0.29) is 5.69 Å². The van der Waals surface area contributed by atoms with Crippen molar-refractivity contribution in [3.63, 3.8) is 0 Å². The standard InChI is InChI=1S/C17H21ClN6O2/c1-13-11-14(24(25)26)12-15(18)16(13)19-5-6-22-7-9-23(10-8-22)17-20-3-2-4-21-17/h2-4,11-12,19H,5-10H2,1H3. The molecule has 0 bridgehead atoms. The lowest BCUT2D eigenvalue weighted by molar-refractivity contribution is -0.384. The molecule has 1 aliphatic heterocycles. The van der Waals surface area contributed by atoms with Crippen LogP contribution in [0.2, 0.25) is 5.02 Å². The van der Waals surface area contributed by atoms with E-state index >= 15 is 0 Å². The molecule has 1 saturated heterocycles. The van der Waals surface area contributed by atoms with Crippen LogP contribution in [-0.4, -0.2) is 59.1 Å². The van der Waals surface area contributed by atoms with Gasteiger partial charge in [0.25, 0.3) is 5.69 Å². The van der Waals surface area contributed by atoms with E-state index in [9.17, 15) is 10.1 Å². The molecule has 1 N–H and O–H groups in total. The molecule has 2 aromatic rings. The van der Waals surface area contributed by atoms with Gasteiger partial charge in [0, 0.05) is 63.8 Å². The van der Waals surface area contributed by atoms with E-state index in [1.807, 2.05) is 13.0 Å². The molecular formula is C17H21ClN6O2. The summed E-state index contributed by atoms with van der Waals surface area (Å²) in [6.07, 6.45) is 3.52. The molecule has 9 heteroatoms. The minimum absolute atomic E-state index is 0.0114. The van der Waals surface area contributed by atoms with Gasteiger partial charge >= 0.3 is 0 Å². The Morgan fingerprint density at radius 1 is 1.23 bits per heavy atom. The van der Waals surface area contributed by atoms with E-state index in [0.717, 1.165) is 56.5 Å². The lowest BCUT2D eigenvalue weighted by atomic mass is 10.1. The van der Waals surface area contributed by atoms with Gasteiger partial charge in [-0.25, -0.2) is 9.97 Å². The zero-order valence-electron chi connectivity index (χ0n) is 14.6. The number of anilines is 2. The largest absolute Gasteiger partial charge is 0.382 e. The van der Waals surface area contributed by atoms with E-state index in [0.29, 0.717) is 5.02 Å². The highest BCUT2D eigenvalue weighted by molar-refractivity contribution is 6.33. The predicted octanol–water partition coefficient (Wildman–Crippen LogP) is 2.58. The fourth-order valence-corrected chi connectivity index (χ4v) is 3.35. The third kappa shape index (κ3) is 4.39. The highest BCUT2D eigenvalue weighted by Crippen LogP contribution is 2.30. The summed E-state index contributed by atoms with van der Waals surface area (Å²) < 4.78 is 0. The summed E-state index contributed by atoms with van der Waals surface area (Å²) in [6, 6.07) is 4.74. The van der Waals surface area contributed by atoms with Gasteiger partial charge < -0.3 is 10.2 Å². The van der Waals surface area contributed by atoms with Gasteiger partial charge in [0.1, 0.15) is 0 Å². The molecule has 0 spiro atoms. The van der Waals surface area contributed by atoms with Crippen LogP contribution >= 0.6 is 11.6 Å². The van der Waals surface area contributed by atoms with Crippen molar-refractivity contribution < 1.29 is 4.92 Å². The average molecular weight is 377 g/mol. The van der Waals surface area contributed by atoms with Crippen LogP contribution in [0.3, 0.4) is 0 Å². The van der Waals surface area contributed by atoms with E-state index in [2.05, 4.69) is 25.1 Å². The summed E-state index contributed by atoms with van der Waals surface area (Å²) in [6.45, 7) is 7.07. The molecule has 0 aliphatic carbocycles. The van der Waals surface area contributed by atoms with E-state index in [4.69, 9.17) is 11.6 Å². The molecule has 0 radical (unpaired) electrons. The Kier molecular flexibility index (Phi) is 5.85. The van der Waals surface area contributed by atoms with Gasteiger partial charge in [-0.2, -0.15) is 0 Å². The van der Waals surface area contributed by atoms with E-state index in [1.54, 1.807) is 12.4 Å². The number of hydrogen-bond acceptors (Lipinski definition) is 7. The molecule has 8 nitrogen and oxygen atoms in total. The predicted molar refractivity (Wildman–Crippen MR) is 102 cm³/mol. The summed E-state index contributed by atoms with van der Waals surface area (Å²) >= 11 is 6.19. The Morgan fingerprint density at radius 2 is 1.92 bits per heavy atom. The second-order valence-electron chi connectivity index (χ2n) is 6.18. The number of nitrogens with one attached hydrogen (secondary N) is 1. The molecule has 0 unspecified atom stereocenters. The normalized spacial score (nSPS) is 15.1. The van der Waals surface area contributed by atoms with Gasteiger partial charge in [-0.3, -0.25) is 15.0 Å². The van der Waals surface area contributed by atoms with Gasteiger partial charge in [0.15, 0.2) is 0 Å². The quantitative estimate of drug-likeness (QED) is 0.612. The van der Waals surface area contributed by atoms with Crippen molar-refractivity contribution in [2.75, 3.05) is 49.5 Å². The van der Waals surface area contributed by atoms with Gasteiger partial charge in [-0.15, -0.1) is 0 Å². The molecule has 0 amide bonds. The van der Waals surface area contributed by atoms with E-state index in [1.165, 1.54) is 12.1 Å². The third-order valence-electron chi connectivity index (χ3n) is 4.42. The zero-order chi connectivity index (χ0) is 18.5.